The van der Waals surface area contributed by atoms with Gasteiger partial charge in [0.1, 0.15) is 11.6 Å². The first-order valence-corrected chi connectivity index (χ1v) is 7.13. The summed E-state index contributed by atoms with van der Waals surface area (Å²) in [7, 11) is 0. The highest BCUT2D eigenvalue weighted by atomic mass is 19.4. The normalized spacial score (nSPS) is 22.3. The summed E-state index contributed by atoms with van der Waals surface area (Å²) in [6, 6.07) is 3.45. The molecule has 0 radical (unpaired) electrons. The topological polar surface area (TPSA) is 58.0 Å². The van der Waals surface area contributed by atoms with Gasteiger partial charge in [-0.05, 0) is 31.5 Å². The standard InChI is InChI=1S/C15H14F4N2O2/c16-11-6-9(15(17,18)19)1-2-10(11)12-5-8(3-4-20-12)13-7-14(22)21-23-13/h1-2,6-8,12,20H,3-5H2,(H,21,22)/t8-,12-/m0/s1. The van der Waals surface area contributed by atoms with Crippen molar-refractivity contribution >= 4 is 0 Å². The Hall–Kier alpha value is -2.09. The van der Waals surface area contributed by atoms with E-state index in [1.807, 2.05) is 0 Å². The quantitative estimate of drug-likeness (QED) is 0.831. The van der Waals surface area contributed by atoms with Gasteiger partial charge in [0, 0.05) is 23.6 Å². The van der Waals surface area contributed by atoms with Gasteiger partial charge in [0.2, 0.25) is 0 Å². The largest absolute Gasteiger partial charge is 0.416 e. The lowest BCUT2D eigenvalue weighted by atomic mass is 9.87. The molecule has 23 heavy (non-hydrogen) atoms. The highest BCUT2D eigenvalue weighted by molar-refractivity contribution is 5.29. The van der Waals surface area contributed by atoms with E-state index in [-0.39, 0.29) is 17.0 Å². The smallest absolute Gasteiger partial charge is 0.383 e. The number of aromatic nitrogens is 1. The zero-order valence-corrected chi connectivity index (χ0v) is 11.9. The van der Waals surface area contributed by atoms with Crippen molar-refractivity contribution in [2.45, 2.75) is 31.0 Å². The molecule has 2 N–H and O–H groups in total. The SMILES string of the molecule is O=c1cc([C@H]2CCN[C@H](c3ccc(C(F)(F)F)cc3F)C2)o[nH]1. The van der Waals surface area contributed by atoms with Gasteiger partial charge in [-0.3, -0.25) is 4.79 Å². The molecular formula is C15H14F4N2O2. The Kier molecular flexibility index (Phi) is 4.01. The first-order valence-electron chi connectivity index (χ1n) is 7.13. The fourth-order valence-corrected chi connectivity index (χ4v) is 2.90. The van der Waals surface area contributed by atoms with Gasteiger partial charge in [-0.25, -0.2) is 4.39 Å². The summed E-state index contributed by atoms with van der Waals surface area (Å²) in [5.74, 6) is -0.510. The molecule has 0 spiro atoms. The summed E-state index contributed by atoms with van der Waals surface area (Å²) in [6.45, 7) is 0.546. The number of H-pyrrole nitrogens is 1. The first-order chi connectivity index (χ1) is 10.8. The van der Waals surface area contributed by atoms with Gasteiger partial charge >= 0.3 is 6.18 Å². The van der Waals surface area contributed by atoms with Crippen molar-refractivity contribution in [3.8, 4) is 0 Å². The van der Waals surface area contributed by atoms with E-state index in [2.05, 4.69) is 10.5 Å². The van der Waals surface area contributed by atoms with Crippen LogP contribution in [0, 0.1) is 5.82 Å². The van der Waals surface area contributed by atoms with E-state index in [9.17, 15) is 22.4 Å². The van der Waals surface area contributed by atoms with Crippen molar-refractivity contribution in [2.24, 2.45) is 0 Å². The maximum atomic E-state index is 14.1. The van der Waals surface area contributed by atoms with Gasteiger partial charge in [0.15, 0.2) is 0 Å². The lowest BCUT2D eigenvalue weighted by Gasteiger charge is -2.29. The predicted molar refractivity (Wildman–Crippen MR) is 73.4 cm³/mol. The van der Waals surface area contributed by atoms with E-state index in [4.69, 9.17) is 4.52 Å². The second-order valence-corrected chi connectivity index (χ2v) is 5.58. The van der Waals surface area contributed by atoms with Gasteiger partial charge in [-0.15, -0.1) is 0 Å². The molecule has 0 bridgehead atoms. The van der Waals surface area contributed by atoms with Crippen LogP contribution in [0.25, 0.3) is 0 Å². The molecule has 0 saturated carbocycles. The molecule has 2 atom stereocenters. The molecule has 0 unspecified atom stereocenters. The predicted octanol–water partition coefficient (Wildman–Crippen LogP) is 3.33. The molecule has 2 aromatic rings. The summed E-state index contributed by atoms with van der Waals surface area (Å²) in [4.78, 5) is 11.1. The monoisotopic (exact) mass is 330 g/mol. The van der Waals surface area contributed by atoms with Crippen molar-refractivity contribution in [2.75, 3.05) is 6.54 Å². The van der Waals surface area contributed by atoms with Gasteiger partial charge in [0.25, 0.3) is 5.56 Å². The molecule has 1 aliphatic heterocycles. The molecule has 4 nitrogen and oxygen atoms in total. The summed E-state index contributed by atoms with van der Waals surface area (Å²) >= 11 is 0. The zero-order chi connectivity index (χ0) is 16.6. The van der Waals surface area contributed by atoms with E-state index < -0.39 is 23.6 Å². The van der Waals surface area contributed by atoms with Gasteiger partial charge < -0.3 is 9.84 Å². The average molecular weight is 330 g/mol. The number of rotatable bonds is 2. The number of alkyl halides is 3. The van der Waals surface area contributed by atoms with Crippen LogP contribution in [0.15, 0.2) is 33.6 Å². The molecule has 1 saturated heterocycles. The summed E-state index contributed by atoms with van der Waals surface area (Å²) in [6.07, 6.45) is -3.45. The molecule has 0 aliphatic carbocycles. The average Bonchev–Trinajstić information content (AvgIpc) is 2.93. The van der Waals surface area contributed by atoms with E-state index >= 15 is 0 Å². The number of hydrogen-bond donors (Lipinski definition) is 2. The zero-order valence-electron chi connectivity index (χ0n) is 11.9. The second-order valence-electron chi connectivity index (χ2n) is 5.58. The maximum absolute atomic E-state index is 14.1. The lowest BCUT2D eigenvalue weighted by Crippen LogP contribution is -2.31. The van der Waals surface area contributed by atoms with Gasteiger partial charge in [-0.1, -0.05) is 6.07 Å². The maximum Gasteiger partial charge on any atom is 0.416 e. The Morgan fingerprint density at radius 2 is 2.00 bits per heavy atom. The Labute approximate surface area is 128 Å². The lowest BCUT2D eigenvalue weighted by molar-refractivity contribution is -0.137. The van der Waals surface area contributed by atoms with Crippen LogP contribution in [0.2, 0.25) is 0 Å². The Morgan fingerprint density at radius 1 is 1.22 bits per heavy atom. The number of benzene rings is 1. The summed E-state index contributed by atoms with van der Waals surface area (Å²) in [5.41, 5.74) is -1.18. The number of hydrogen-bond acceptors (Lipinski definition) is 3. The number of aromatic amines is 1. The third-order valence-electron chi connectivity index (χ3n) is 4.05. The minimum absolute atomic E-state index is 0.0955. The molecule has 124 valence electrons. The molecule has 3 rings (SSSR count). The highest BCUT2D eigenvalue weighted by Crippen LogP contribution is 2.36. The van der Waals surface area contributed by atoms with Crippen LogP contribution in [-0.4, -0.2) is 11.7 Å². The van der Waals surface area contributed by atoms with Crippen LogP contribution in [0.1, 0.15) is 41.7 Å². The van der Waals surface area contributed by atoms with Crippen LogP contribution in [0.4, 0.5) is 17.6 Å². The van der Waals surface area contributed by atoms with Crippen molar-refractivity contribution in [1.82, 2.24) is 10.5 Å². The molecule has 1 aromatic carbocycles. The van der Waals surface area contributed by atoms with Crippen LogP contribution < -0.4 is 10.9 Å². The fourth-order valence-electron chi connectivity index (χ4n) is 2.90. The Bertz CT molecular complexity index is 750. The molecule has 1 aromatic heterocycles. The molecule has 0 amide bonds. The van der Waals surface area contributed by atoms with Crippen molar-refractivity contribution < 1.29 is 22.1 Å². The minimum Gasteiger partial charge on any atom is -0.383 e. The molecule has 1 aliphatic rings. The molecule has 8 heteroatoms. The molecule has 1 fully saturated rings. The van der Waals surface area contributed by atoms with Crippen molar-refractivity contribution in [3.05, 3.63) is 57.3 Å². The Balaban J connectivity index is 1.82. The molecular weight excluding hydrogens is 316 g/mol. The van der Waals surface area contributed by atoms with Crippen LogP contribution in [0.3, 0.4) is 0 Å². The fraction of sp³-hybridized carbons (Fsp3) is 0.400. The highest BCUT2D eigenvalue weighted by Gasteiger charge is 2.33. The number of halogens is 4. The van der Waals surface area contributed by atoms with Gasteiger partial charge in [0.05, 0.1) is 5.56 Å². The van der Waals surface area contributed by atoms with E-state index in [0.29, 0.717) is 31.2 Å². The second kappa shape index (κ2) is 5.84. The van der Waals surface area contributed by atoms with E-state index in [1.54, 1.807) is 0 Å². The number of nitrogens with one attached hydrogen (secondary N) is 2. The first kappa shape index (κ1) is 15.8. The molecule has 2 heterocycles. The number of piperidine rings is 1. The van der Waals surface area contributed by atoms with Crippen LogP contribution in [-0.2, 0) is 6.18 Å². The third-order valence-corrected chi connectivity index (χ3v) is 4.05. The summed E-state index contributed by atoms with van der Waals surface area (Å²) in [5, 5.41) is 5.30. The van der Waals surface area contributed by atoms with Crippen LogP contribution >= 0.6 is 0 Å². The minimum atomic E-state index is -4.57. The third kappa shape index (κ3) is 3.31. The van der Waals surface area contributed by atoms with Crippen LogP contribution in [0.5, 0.6) is 0 Å². The summed E-state index contributed by atoms with van der Waals surface area (Å²) < 4.78 is 57.0. The van der Waals surface area contributed by atoms with E-state index in [0.717, 1.165) is 12.1 Å². The Morgan fingerprint density at radius 3 is 2.61 bits per heavy atom. The van der Waals surface area contributed by atoms with Gasteiger partial charge in [-0.2, -0.15) is 18.3 Å². The van der Waals surface area contributed by atoms with Crippen molar-refractivity contribution in [3.63, 3.8) is 0 Å². The van der Waals surface area contributed by atoms with Crippen molar-refractivity contribution in [1.29, 1.82) is 0 Å². The van der Waals surface area contributed by atoms with E-state index in [1.165, 1.54) is 6.07 Å².